The van der Waals surface area contributed by atoms with Crippen LogP contribution >= 0.6 is 11.6 Å². The van der Waals surface area contributed by atoms with Crippen LogP contribution in [0.4, 0.5) is 5.82 Å². The lowest BCUT2D eigenvalue weighted by molar-refractivity contribution is 0.0949. The smallest absolute Gasteiger partial charge is 0.251 e. The molecule has 2 rings (SSSR count). The van der Waals surface area contributed by atoms with Gasteiger partial charge in [-0.25, -0.2) is 4.98 Å². The third kappa shape index (κ3) is 5.17. The zero-order valence-corrected chi connectivity index (χ0v) is 13.2. The van der Waals surface area contributed by atoms with E-state index in [1.54, 1.807) is 12.1 Å². The Morgan fingerprint density at radius 3 is 2.81 bits per heavy atom. The maximum absolute atomic E-state index is 12.2. The molecule has 0 saturated carbocycles. The van der Waals surface area contributed by atoms with E-state index in [1.165, 1.54) is 12.8 Å². The molecule has 0 aromatic carbocycles. The minimum atomic E-state index is -0.0990. The minimum absolute atomic E-state index is 0.0990. The van der Waals surface area contributed by atoms with Gasteiger partial charge in [0.05, 0.1) is 0 Å². The molecule has 0 aliphatic carbocycles. The Balaban J connectivity index is 1.86. The van der Waals surface area contributed by atoms with E-state index in [2.05, 4.69) is 27.4 Å². The van der Waals surface area contributed by atoms with Gasteiger partial charge in [-0.3, -0.25) is 4.79 Å². The normalized spacial score (nSPS) is 15.1. The molecule has 0 bridgehead atoms. The first-order valence-electron chi connectivity index (χ1n) is 7.61. The van der Waals surface area contributed by atoms with E-state index in [-0.39, 0.29) is 5.91 Å². The first kappa shape index (κ1) is 16.0. The number of carbonyl (C=O) groups excluding carboxylic acids is 1. The molecule has 0 radical (unpaired) electrons. The van der Waals surface area contributed by atoms with Crippen molar-refractivity contribution in [2.24, 2.45) is 0 Å². The number of carbonyl (C=O) groups is 1. The zero-order chi connectivity index (χ0) is 15.1. The van der Waals surface area contributed by atoms with Gasteiger partial charge in [-0.2, -0.15) is 0 Å². The second kappa shape index (κ2) is 8.20. The van der Waals surface area contributed by atoms with Crippen LogP contribution in [0.1, 0.15) is 36.5 Å². The summed E-state index contributed by atoms with van der Waals surface area (Å²) in [5, 5.41) is 6.42. The molecule has 116 valence electrons. The van der Waals surface area contributed by atoms with E-state index < -0.39 is 0 Å². The Labute approximate surface area is 131 Å². The summed E-state index contributed by atoms with van der Waals surface area (Å²) in [4.78, 5) is 18.7. The van der Waals surface area contributed by atoms with Gasteiger partial charge >= 0.3 is 0 Å². The van der Waals surface area contributed by atoms with E-state index in [0.29, 0.717) is 23.1 Å². The van der Waals surface area contributed by atoms with Gasteiger partial charge in [0.2, 0.25) is 0 Å². The lowest BCUT2D eigenvalue weighted by atomic mass is 10.2. The van der Waals surface area contributed by atoms with Crippen molar-refractivity contribution in [1.29, 1.82) is 0 Å². The van der Waals surface area contributed by atoms with E-state index in [4.69, 9.17) is 11.6 Å². The predicted molar refractivity (Wildman–Crippen MR) is 86.0 cm³/mol. The van der Waals surface area contributed by atoms with Gasteiger partial charge in [-0.15, -0.1) is 0 Å². The molecular weight excluding hydrogens is 288 g/mol. The van der Waals surface area contributed by atoms with Crippen molar-refractivity contribution in [3.8, 4) is 0 Å². The third-order valence-corrected chi connectivity index (χ3v) is 3.72. The largest absolute Gasteiger partial charge is 0.370 e. The highest BCUT2D eigenvalue weighted by molar-refractivity contribution is 6.29. The fourth-order valence-corrected chi connectivity index (χ4v) is 2.62. The minimum Gasteiger partial charge on any atom is -0.370 e. The molecule has 6 heteroatoms. The lowest BCUT2D eigenvalue weighted by Gasteiger charge is -2.15. The van der Waals surface area contributed by atoms with Gasteiger partial charge < -0.3 is 15.5 Å². The first-order valence-corrected chi connectivity index (χ1v) is 7.99. The molecule has 1 aliphatic heterocycles. The summed E-state index contributed by atoms with van der Waals surface area (Å²) in [5.74, 6) is 0.548. The van der Waals surface area contributed by atoms with E-state index in [9.17, 15) is 4.79 Å². The van der Waals surface area contributed by atoms with Gasteiger partial charge in [0.1, 0.15) is 11.0 Å². The zero-order valence-electron chi connectivity index (χ0n) is 12.5. The van der Waals surface area contributed by atoms with E-state index in [1.807, 2.05) is 0 Å². The van der Waals surface area contributed by atoms with Crippen LogP contribution in [0.25, 0.3) is 0 Å². The van der Waals surface area contributed by atoms with E-state index in [0.717, 1.165) is 32.6 Å². The summed E-state index contributed by atoms with van der Waals surface area (Å²) in [6, 6.07) is 3.34. The summed E-state index contributed by atoms with van der Waals surface area (Å²) in [7, 11) is 0. The third-order valence-electron chi connectivity index (χ3n) is 3.52. The van der Waals surface area contributed by atoms with Crippen LogP contribution in [0.2, 0.25) is 5.15 Å². The highest BCUT2D eigenvalue weighted by Crippen LogP contribution is 2.14. The molecule has 1 aromatic rings. The molecule has 1 aliphatic rings. The van der Waals surface area contributed by atoms with Gasteiger partial charge in [0, 0.05) is 25.2 Å². The Kier molecular flexibility index (Phi) is 6.26. The molecular formula is C15H23ClN4O. The molecule has 0 unspecified atom stereocenters. The number of nitrogens with one attached hydrogen (secondary N) is 2. The number of aromatic nitrogens is 1. The molecule has 1 aromatic heterocycles. The number of halogens is 1. The van der Waals surface area contributed by atoms with Crippen LogP contribution in [-0.2, 0) is 0 Å². The van der Waals surface area contributed by atoms with Crippen molar-refractivity contribution >= 4 is 23.3 Å². The average Bonchev–Trinajstić information content (AvgIpc) is 2.97. The second-order valence-corrected chi connectivity index (χ2v) is 5.68. The molecule has 1 amide bonds. The summed E-state index contributed by atoms with van der Waals surface area (Å²) in [6.07, 6.45) is 3.52. The number of anilines is 1. The number of amides is 1. The summed E-state index contributed by atoms with van der Waals surface area (Å²) in [6.45, 7) is 6.74. The van der Waals surface area contributed by atoms with Crippen LogP contribution in [0.15, 0.2) is 12.1 Å². The lowest BCUT2D eigenvalue weighted by Crippen LogP contribution is -2.33. The topological polar surface area (TPSA) is 57.3 Å². The van der Waals surface area contributed by atoms with Crippen LogP contribution in [0.3, 0.4) is 0 Å². The van der Waals surface area contributed by atoms with Crippen molar-refractivity contribution in [3.05, 3.63) is 22.8 Å². The first-order chi connectivity index (χ1) is 10.2. The van der Waals surface area contributed by atoms with Crippen LogP contribution in [0.5, 0.6) is 0 Å². The predicted octanol–water partition coefficient (Wildman–Crippen LogP) is 2.38. The summed E-state index contributed by atoms with van der Waals surface area (Å²) in [5.41, 5.74) is 0.551. The molecule has 2 N–H and O–H groups in total. The van der Waals surface area contributed by atoms with Crippen molar-refractivity contribution in [3.63, 3.8) is 0 Å². The molecule has 21 heavy (non-hydrogen) atoms. The van der Waals surface area contributed by atoms with Gasteiger partial charge in [0.25, 0.3) is 5.91 Å². The Hall–Kier alpha value is -1.33. The van der Waals surface area contributed by atoms with Gasteiger partial charge in [-0.05, 0) is 44.5 Å². The number of likely N-dealkylation sites (tertiary alicyclic amines) is 1. The number of pyridine rings is 1. The molecule has 0 spiro atoms. The maximum Gasteiger partial charge on any atom is 0.251 e. The monoisotopic (exact) mass is 310 g/mol. The highest BCUT2D eigenvalue weighted by atomic mass is 35.5. The molecule has 5 nitrogen and oxygen atoms in total. The van der Waals surface area contributed by atoms with Gasteiger partial charge in [-0.1, -0.05) is 18.5 Å². The molecule has 1 saturated heterocycles. The van der Waals surface area contributed by atoms with Crippen LogP contribution in [-0.4, -0.2) is 48.5 Å². The van der Waals surface area contributed by atoms with Crippen LogP contribution in [0, 0.1) is 0 Å². The Bertz CT molecular complexity index is 475. The van der Waals surface area contributed by atoms with Crippen molar-refractivity contribution < 1.29 is 4.79 Å². The average molecular weight is 311 g/mol. The standard InChI is InChI=1S/C15H23ClN4O/c1-2-5-17-14-11-12(10-13(16)19-14)15(21)18-6-9-20-7-3-4-8-20/h10-11H,2-9H2,1H3,(H,17,19)(H,18,21). The molecule has 2 heterocycles. The molecule has 1 fully saturated rings. The number of nitrogens with zero attached hydrogens (tertiary/aromatic N) is 2. The van der Waals surface area contributed by atoms with Crippen molar-refractivity contribution in [1.82, 2.24) is 15.2 Å². The van der Waals surface area contributed by atoms with Crippen molar-refractivity contribution in [2.45, 2.75) is 26.2 Å². The quantitative estimate of drug-likeness (QED) is 0.759. The van der Waals surface area contributed by atoms with Crippen molar-refractivity contribution in [2.75, 3.05) is 38.0 Å². The van der Waals surface area contributed by atoms with Gasteiger partial charge in [0.15, 0.2) is 0 Å². The SMILES string of the molecule is CCCNc1cc(C(=O)NCCN2CCCC2)cc(Cl)n1. The Morgan fingerprint density at radius 2 is 2.10 bits per heavy atom. The fourth-order valence-electron chi connectivity index (χ4n) is 2.41. The van der Waals surface area contributed by atoms with Crippen LogP contribution < -0.4 is 10.6 Å². The summed E-state index contributed by atoms with van der Waals surface area (Å²) < 4.78 is 0. The number of hydrogen-bond donors (Lipinski definition) is 2. The fraction of sp³-hybridized carbons (Fsp3) is 0.600. The maximum atomic E-state index is 12.2. The number of hydrogen-bond acceptors (Lipinski definition) is 4. The number of rotatable bonds is 7. The second-order valence-electron chi connectivity index (χ2n) is 5.30. The van der Waals surface area contributed by atoms with E-state index >= 15 is 0 Å². The molecule has 0 atom stereocenters. The highest BCUT2D eigenvalue weighted by Gasteiger charge is 2.12. The summed E-state index contributed by atoms with van der Waals surface area (Å²) >= 11 is 5.97. The Morgan fingerprint density at radius 1 is 1.33 bits per heavy atom.